The Morgan fingerprint density at radius 2 is 1.94 bits per heavy atom. The van der Waals surface area contributed by atoms with E-state index in [0.717, 1.165) is 51.0 Å². The van der Waals surface area contributed by atoms with E-state index in [1.54, 1.807) is 0 Å². The Kier molecular flexibility index (Phi) is 8.55. The van der Waals surface area contributed by atoms with Gasteiger partial charge in [0.2, 0.25) is 0 Å². The molecule has 1 saturated heterocycles. The number of nitrogens with zero attached hydrogens (tertiary/aromatic N) is 2. The van der Waals surface area contributed by atoms with Crippen LogP contribution in [-0.4, -0.2) is 47.6 Å². The van der Waals surface area contributed by atoms with Gasteiger partial charge >= 0.3 is 5.97 Å². The summed E-state index contributed by atoms with van der Waals surface area (Å²) in [5.74, 6) is 1.35. The lowest BCUT2D eigenvalue weighted by atomic mass is 9.95. The lowest BCUT2D eigenvalue weighted by Gasteiger charge is -2.33. The molecular formula is C24H38N4O3. The van der Waals surface area contributed by atoms with Crippen LogP contribution in [0.3, 0.4) is 0 Å². The molecule has 3 rings (SSSR count). The average Bonchev–Trinajstić information content (AvgIpc) is 2.74. The summed E-state index contributed by atoms with van der Waals surface area (Å²) in [6.07, 6.45) is 8.78. The Bertz CT molecular complexity index is 746. The van der Waals surface area contributed by atoms with Crippen LogP contribution in [0.25, 0.3) is 0 Å². The lowest BCUT2D eigenvalue weighted by Crippen LogP contribution is -2.38. The molecule has 2 fully saturated rings. The van der Waals surface area contributed by atoms with Crippen molar-refractivity contribution in [1.29, 1.82) is 0 Å². The SMILES string of the molecule is CC(C)CCNc1nc(N2CCC[C@@H](CC(=O)O)C2)ccc1C(=O)NC1CCCCC1. The van der Waals surface area contributed by atoms with Gasteiger partial charge in [-0.25, -0.2) is 4.98 Å². The van der Waals surface area contributed by atoms with Gasteiger partial charge in [0.25, 0.3) is 5.91 Å². The van der Waals surface area contributed by atoms with Crippen LogP contribution in [0.15, 0.2) is 12.1 Å². The summed E-state index contributed by atoms with van der Waals surface area (Å²) in [5.41, 5.74) is 0.595. The van der Waals surface area contributed by atoms with Gasteiger partial charge in [0.1, 0.15) is 11.6 Å². The molecule has 2 aliphatic rings. The molecule has 7 nitrogen and oxygen atoms in total. The first-order valence-corrected chi connectivity index (χ1v) is 11.9. The Hall–Kier alpha value is -2.31. The fourth-order valence-corrected chi connectivity index (χ4v) is 4.62. The van der Waals surface area contributed by atoms with Crippen molar-refractivity contribution in [1.82, 2.24) is 10.3 Å². The number of carboxylic acids is 1. The van der Waals surface area contributed by atoms with E-state index in [-0.39, 0.29) is 24.3 Å². The highest BCUT2D eigenvalue weighted by atomic mass is 16.4. The predicted molar refractivity (Wildman–Crippen MR) is 124 cm³/mol. The highest BCUT2D eigenvalue weighted by molar-refractivity contribution is 5.99. The summed E-state index contributed by atoms with van der Waals surface area (Å²) >= 11 is 0. The normalized spacial score (nSPS) is 20.0. The van der Waals surface area contributed by atoms with E-state index >= 15 is 0 Å². The van der Waals surface area contributed by atoms with Crippen LogP contribution in [0.4, 0.5) is 11.6 Å². The Morgan fingerprint density at radius 3 is 2.65 bits per heavy atom. The zero-order valence-corrected chi connectivity index (χ0v) is 19.0. The highest BCUT2D eigenvalue weighted by Crippen LogP contribution is 2.27. The summed E-state index contributed by atoms with van der Waals surface area (Å²) in [6, 6.07) is 4.04. The van der Waals surface area contributed by atoms with Crippen LogP contribution < -0.4 is 15.5 Å². The third kappa shape index (κ3) is 7.11. The van der Waals surface area contributed by atoms with Crippen molar-refractivity contribution in [2.75, 3.05) is 29.9 Å². The van der Waals surface area contributed by atoms with Gasteiger partial charge in [-0.2, -0.15) is 0 Å². The van der Waals surface area contributed by atoms with Crippen molar-refractivity contribution in [2.45, 2.75) is 77.7 Å². The number of aromatic nitrogens is 1. The van der Waals surface area contributed by atoms with Gasteiger partial charge < -0.3 is 20.6 Å². The molecule has 0 bridgehead atoms. The molecule has 31 heavy (non-hydrogen) atoms. The summed E-state index contributed by atoms with van der Waals surface area (Å²) in [7, 11) is 0. The molecule has 2 heterocycles. The number of amides is 1. The molecule has 1 atom stereocenters. The van der Waals surface area contributed by atoms with E-state index in [9.17, 15) is 9.59 Å². The second kappa shape index (κ2) is 11.3. The van der Waals surface area contributed by atoms with Gasteiger partial charge in [0, 0.05) is 32.1 Å². The topological polar surface area (TPSA) is 94.6 Å². The molecule has 1 aliphatic heterocycles. The number of piperidine rings is 1. The zero-order valence-electron chi connectivity index (χ0n) is 19.0. The first-order chi connectivity index (χ1) is 14.9. The molecule has 0 aromatic carbocycles. The van der Waals surface area contributed by atoms with E-state index in [4.69, 9.17) is 10.1 Å². The average molecular weight is 431 g/mol. The number of hydrogen-bond donors (Lipinski definition) is 3. The van der Waals surface area contributed by atoms with Crippen LogP contribution in [0.1, 0.15) is 82.0 Å². The second-order valence-electron chi connectivity index (χ2n) is 9.54. The predicted octanol–water partition coefficient (Wildman–Crippen LogP) is 4.29. The van der Waals surface area contributed by atoms with Crippen molar-refractivity contribution in [3.63, 3.8) is 0 Å². The van der Waals surface area contributed by atoms with Crippen LogP contribution in [0.2, 0.25) is 0 Å². The fraction of sp³-hybridized carbons (Fsp3) is 0.708. The standard InChI is InChI=1S/C24H38N4O3/c1-17(2)12-13-25-23-20(24(31)26-19-8-4-3-5-9-19)10-11-21(27-23)28-14-6-7-18(16-28)15-22(29)30/h10-11,17-19H,3-9,12-16H2,1-2H3,(H,25,27)(H,26,31)(H,29,30)/t18-/m0/s1. The molecule has 0 radical (unpaired) electrons. The van der Waals surface area contributed by atoms with E-state index in [1.807, 2.05) is 12.1 Å². The number of carbonyl (C=O) groups excluding carboxylic acids is 1. The Morgan fingerprint density at radius 1 is 1.16 bits per heavy atom. The Balaban J connectivity index is 1.75. The molecule has 1 aliphatic carbocycles. The van der Waals surface area contributed by atoms with Gasteiger partial charge in [-0.15, -0.1) is 0 Å². The molecule has 0 unspecified atom stereocenters. The molecule has 1 aromatic heterocycles. The third-order valence-corrected chi connectivity index (χ3v) is 6.39. The smallest absolute Gasteiger partial charge is 0.303 e. The number of carboxylic acid groups (broad SMARTS) is 1. The van der Waals surface area contributed by atoms with Gasteiger partial charge in [-0.05, 0) is 56.1 Å². The molecular weight excluding hydrogens is 392 g/mol. The van der Waals surface area contributed by atoms with Gasteiger partial charge in [0.05, 0.1) is 5.56 Å². The fourth-order valence-electron chi connectivity index (χ4n) is 4.62. The van der Waals surface area contributed by atoms with Gasteiger partial charge in [-0.1, -0.05) is 33.1 Å². The number of pyridine rings is 1. The second-order valence-corrected chi connectivity index (χ2v) is 9.54. The number of aliphatic carboxylic acids is 1. The van der Waals surface area contributed by atoms with Crippen LogP contribution in [0.5, 0.6) is 0 Å². The molecule has 0 spiro atoms. The van der Waals surface area contributed by atoms with Crippen molar-refractivity contribution < 1.29 is 14.7 Å². The van der Waals surface area contributed by atoms with Crippen molar-refractivity contribution >= 4 is 23.5 Å². The maximum atomic E-state index is 13.0. The molecule has 1 amide bonds. The third-order valence-electron chi connectivity index (χ3n) is 6.39. The number of anilines is 2. The molecule has 1 aromatic rings. The maximum Gasteiger partial charge on any atom is 0.303 e. The number of nitrogens with one attached hydrogen (secondary N) is 2. The van der Waals surface area contributed by atoms with E-state index < -0.39 is 5.97 Å². The minimum atomic E-state index is -0.745. The summed E-state index contributed by atoms with van der Waals surface area (Å²) < 4.78 is 0. The summed E-state index contributed by atoms with van der Waals surface area (Å²) in [6.45, 7) is 6.68. The monoisotopic (exact) mass is 430 g/mol. The lowest BCUT2D eigenvalue weighted by molar-refractivity contribution is -0.138. The van der Waals surface area contributed by atoms with Crippen LogP contribution >= 0.6 is 0 Å². The minimum absolute atomic E-state index is 0.0552. The number of hydrogen-bond acceptors (Lipinski definition) is 5. The maximum absolute atomic E-state index is 13.0. The minimum Gasteiger partial charge on any atom is -0.481 e. The van der Waals surface area contributed by atoms with Crippen molar-refractivity contribution in [3.05, 3.63) is 17.7 Å². The highest BCUT2D eigenvalue weighted by Gasteiger charge is 2.25. The van der Waals surface area contributed by atoms with Crippen molar-refractivity contribution in [2.24, 2.45) is 11.8 Å². The zero-order chi connectivity index (χ0) is 22.2. The number of carbonyl (C=O) groups is 2. The summed E-state index contributed by atoms with van der Waals surface area (Å²) in [5, 5.41) is 15.7. The van der Waals surface area contributed by atoms with E-state index in [1.165, 1.54) is 19.3 Å². The first-order valence-electron chi connectivity index (χ1n) is 11.9. The summed E-state index contributed by atoms with van der Waals surface area (Å²) in [4.78, 5) is 31.1. The van der Waals surface area contributed by atoms with Gasteiger partial charge in [0.15, 0.2) is 0 Å². The largest absolute Gasteiger partial charge is 0.481 e. The number of rotatable bonds is 9. The van der Waals surface area contributed by atoms with Gasteiger partial charge in [-0.3, -0.25) is 9.59 Å². The van der Waals surface area contributed by atoms with Crippen molar-refractivity contribution in [3.8, 4) is 0 Å². The molecule has 1 saturated carbocycles. The quantitative estimate of drug-likeness (QED) is 0.541. The van der Waals surface area contributed by atoms with E-state index in [0.29, 0.717) is 23.8 Å². The molecule has 3 N–H and O–H groups in total. The van der Waals surface area contributed by atoms with Crippen LogP contribution in [0, 0.1) is 11.8 Å². The van der Waals surface area contributed by atoms with E-state index in [2.05, 4.69) is 29.4 Å². The Labute approximate surface area is 186 Å². The molecule has 172 valence electrons. The molecule has 7 heteroatoms. The first kappa shape index (κ1) is 23.4. The van der Waals surface area contributed by atoms with Crippen LogP contribution in [-0.2, 0) is 4.79 Å².